The van der Waals surface area contributed by atoms with E-state index >= 15 is 0 Å². The smallest absolute Gasteiger partial charge is 0.227 e. The highest BCUT2D eigenvalue weighted by molar-refractivity contribution is 7.21. The minimum atomic E-state index is -0.445. The molecule has 2 heterocycles. The second kappa shape index (κ2) is 7.62. The number of rotatable bonds is 3. The summed E-state index contributed by atoms with van der Waals surface area (Å²) in [4.78, 5) is 29.2. The molecule has 0 spiro atoms. The maximum absolute atomic E-state index is 13.2. The predicted octanol–water partition coefficient (Wildman–Crippen LogP) is 5.71. The molecule has 28 heavy (non-hydrogen) atoms. The van der Waals surface area contributed by atoms with Crippen LogP contribution < -0.4 is 0 Å². The van der Waals surface area contributed by atoms with Crippen molar-refractivity contribution in [1.29, 1.82) is 0 Å². The van der Waals surface area contributed by atoms with Crippen molar-refractivity contribution in [3.63, 3.8) is 0 Å². The molecule has 2 aliphatic rings. The van der Waals surface area contributed by atoms with E-state index in [2.05, 4.69) is 17.0 Å². The van der Waals surface area contributed by atoms with Gasteiger partial charge >= 0.3 is 0 Å². The topological polar surface area (TPSA) is 37.4 Å². The Morgan fingerprint density at radius 2 is 1.79 bits per heavy atom. The first-order chi connectivity index (χ1) is 13.3. The van der Waals surface area contributed by atoms with Crippen LogP contribution in [0.5, 0.6) is 0 Å². The molecule has 1 saturated carbocycles. The molecular formula is C24H31NO2S. The first-order valence-electron chi connectivity index (χ1n) is 10.7. The number of carbonyl (C=O) groups is 2. The van der Waals surface area contributed by atoms with Crippen molar-refractivity contribution in [1.82, 2.24) is 4.90 Å². The number of likely N-dealkylation sites (tertiary alicyclic amines) is 1. The summed E-state index contributed by atoms with van der Waals surface area (Å²) in [5, 5.41) is 1.07. The molecule has 1 aliphatic carbocycles. The average molecular weight is 398 g/mol. The van der Waals surface area contributed by atoms with E-state index in [0.717, 1.165) is 46.0 Å². The van der Waals surface area contributed by atoms with E-state index < -0.39 is 5.41 Å². The number of ketones is 1. The fourth-order valence-electron chi connectivity index (χ4n) is 4.89. The van der Waals surface area contributed by atoms with Gasteiger partial charge in [-0.2, -0.15) is 0 Å². The van der Waals surface area contributed by atoms with E-state index in [1.165, 1.54) is 25.7 Å². The van der Waals surface area contributed by atoms with Gasteiger partial charge in [0.1, 0.15) is 0 Å². The van der Waals surface area contributed by atoms with Gasteiger partial charge in [-0.1, -0.05) is 58.2 Å². The Labute approximate surface area is 172 Å². The molecule has 1 saturated heterocycles. The molecule has 150 valence electrons. The number of hydrogen-bond donors (Lipinski definition) is 0. The maximum atomic E-state index is 13.2. The molecule has 1 aliphatic heterocycles. The monoisotopic (exact) mass is 397 g/mol. The lowest BCUT2D eigenvalue weighted by atomic mass is 9.75. The van der Waals surface area contributed by atoms with Gasteiger partial charge in [0.25, 0.3) is 0 Å². The van der Waals surface area contributed by atoms with E-state index in [1.54, 1.807) is 11.3 Å². The molecule has 2 aromatic rings. The molecule has 0 N–H and O–H groups in total. The predicted molar refractivity (Wildman–Crippen MR) is 116 cm³/mol. The molecule has 2 fully saturated rings. The fraction of sp³-hybridized carbons (Fsp3) is 0.583. The van der Waals surface area contributed by atoms with Gasteiger partial charge in [-0.15, -0.1) is 11.3 Å². The molecule has 1 aromatic heterocycles. The Kier molecular flexibility index (Phi) is 5.34. The molecule has 1 amide bonds. The standard InChI is InChI=1S/C24H31NO2S/c1-24(2,3)23(27)22-19(18-10-6-7-11-20(18)28-22)14-21(26)25-13-12-16-8-4-5-9-17(16)15-25/h6-7,10-11,16-17H,4-5,8-9,12-15H2,1-3H3/t16-,17-/m0/s1. The summed E-state index contributed by atoms with van der Waals surface area (Å²) in [6.45, 7) is 7.66. The molecule has 0 unspecified atom stereocenters. The average Bonchev–Trinajstić information content (AvgIpc) is 3.04. The normalized spacial score (nSPS) is 22.9. The zero-order valence-electron chi connectivity index (χ0n) is 17.3. The number of thiophene rings is 1. The van der Waals surface area contributed by atoms with Crippen LogP contribution in [0.1, 0.15) is 68.1 Å². The largest absolute Gasteiger partial charge is 0.342 e. The molecule has 4 rings (SSSR count). The first-order valence-corrected chi connectivity index (χ1v) is 11.5. The fourth-order valence-corrected chi connectivity index (χ4v) is 6.26. The quantitative estimate of drug-likeness (QED) is 0.622. The Morgan fingerprint density at radius 1 is 1.07 bits per heavy atom. The molecule has 4 heteroatoms. The van der Waals surface area contributed by atoms with Crippen LogP contribution >= 0.6 is 11.3 Å². The second-order valence-electron chi connectivity index (χ2n) is 9.59. The van der Waals surface area contributed by atoms with E-state index in [1.807, 2.05) is 32.9 Å². The van der Waals surface area contributed by atoms with Crippen LogP contribution in [0.15, 0.2) is 24.3 Å². The molecule has 1 aromatic carbocycles. The number of Topliss-reactive ketones (excluding diaryl/α,β-unsaturated/α-hetero) is 1. The van der Waals surface area contributed by atoms with Crippen LogP contribution in [-0.4, -0.2) is 29.7 Å². The number of benzene rings is 1. The van der Waals surface area contributed by atoms with Crippen LogP contribution in [-0.2, 0) is 11.2 Å². The molecule has 2 atom stereocenters. The van der Waals surface area contributed by atoms with Crippen molar-refractivity contribution in [3.05, 3.63) is 34.7 Å². The maximum Gasteiger partial charge on any atom is 0.227 e. The summed E-state index contributed by atoms with van der Waals surface area (Å²) < 4.78 is 1.10. The minimum absolute atomic E-state index is 0.141. The number of nitrogens with zero attached hydrogens (tertiary/aromatic N) is 1. The van der Waals surface area contributed by atoms with Crippen LogP contribution in [0.2, 0.25) is 0 Å². The Morgan fingerprint density at radius 3 is 2.54 bits per heavy atom. The van der Waals surface area contributed by atoms with Gasteiger partial charge in [0, 0.05) is 23.2 Å². The second-order valence-corrected chi connectivity index (χ2v) is 10.6. The summed E-state index contributed by atoms with van der Waals surface area (Å²) in [6, 6.07) is 8.12. The molecule has 0 bridgehead atoms. The van der Waals surface area contributed by atoms with Crippen LogP contribution in [0.4, 0.5) is 0 Å². The highest BCUT2D eigenvalue weighted by atomic mass is 32.1. The highest BCUT2D eigenvalue weighted by Crippen LogP contribution is 2.38. The number of amides is 1. The van der Waals surface area contributed by atoms with Gasteiger partial charge < -0.3 is 4.90 Å². The van der Waals surface area contributed by atoms with Crippen molar-refractivity contribution in [3.8, 4) is 0 Å². The summed E-state index contributed by atoms with van der Waals surface area (Å²) >= 11 is 1.55. The van der Waals surface area contributed by atoms with E-state index in [-0.39, 0.29) is 11.7 Å². The SMILES string of the molecule is CC(C)(C)C(=O)c1sc2ccccc2c1CC(=O)N1CC[C@@H]2CCCC[C@H]2C1. The zero-order valence-corrected chi connectivity index (χ0v) is 18.1. The van der Waals surface area contributed by atoms with Gasteiger partial charge in [0.2, 0.25) is 5.91 Å². The van der Waals surface area contributed by atoms with Crippen LogP contribution in [0.3, 0.4) is 0 Å². The Balaban J connectivity index is 1.60. The van der Waals surface area contributed by atoms with Crippen LogP contribution in [0, 0.1) is 17.3 Å². The van der Waals surface area contributed by atoms with Crippen molar-refractivity contribution in [2.75, 3.05) is 13.1 Å². The Hall–Kier alpha value is -1.68. The van der Waals surface area contributed by atoms with E-state index in [4.69, 9.17) is 0 Å². The minimum Gasteiger partial charge on any atom is -0.342 e. The third kappa shape index (κ3) is 3.76. The lowest BCUT2D eigenvalue weighted by Crippen LogP contribution is -2.45. The molecule has 0 radical (unpaired) electrons. The lowest BCUT2D eigenvalue weighted by molar-refractivity contribution is -0.133. The number of hydrogen-bond acceptors (Lipinski definition) is 3. The van der Waals surface area contributed by atoms with Gasteiger partial charge in [-0.3, -0.25) is 9.59 Å². The number of fused-ring (bicyclic) bond motifs is 2. The van der Waals surface area contributed by atoms with Gasteiger partial charge in [-0.05, 0) is 41.7 Å². The summed E-state index contributed by atoms with van der Waals surface area (Å²) in [5.41, 5.74) is 0.496. The lowest BCUT2D eigenvalue weighted by Gasteiger charge is -2.41. The van der Waals surface area contributed by atoms with Gasteiger partial charge in [0.05, 0.1) is 11.3 Å². The van der Waals surface area contributed by atoms with E-state index in [0.29, 0.717) is 12.3 Å². The van der Waals surface area contributed by atoms with Crippen molar-refractivity contribution in [2.45, 2.75) is 59.3 Å². The van der Waals surface area contributed by atoms with E-state index in [9.17, 15) is 9.59 Å². The van der Waals surface area contributed by atoms with Gasteiger partial charge in [-0.25, -0.2) is 0 Å². The molecular weight excluding hydrogens is 366 g/mol. The van der Waals surface area contributed by atoms with Gasteiger partial charge in [0.15, 0.2) is 5.78 Å². The third-order valence-electron chi connectivity index (χ3n) is 6.56. The third-order valence-corrected chi connectivity index (χ3v) is 7.77. The van der Waals surface area contributed by atoms with Crippen molar-refractivity contribution >= 4 is 33.1 Å². The van der Waals surface area contributed by atoms with Crippen molar-refractivity contribution < 1.29 is 9.59 Å². The summed E-state index contributed by atoms with van der Waals surface area (Å²) in [6.07, 6.45) is 6.76. The molecule has 3 nitrogen and oxygen atoms in total. The number of piperidine rings is 1. The van der Waals surface area contributed by atoms with Crippen LogP contribution in [0.25, 0.3) is 10.1 Å². The summed E-state index contributed by atoms with van der Waals surface area (Å²) in [5.74, 6) is 1.83. The highest BCUT2D eigenvalue weighted by Gasteiger charge is 2.34. The van der Waals surface area contributed by atoms with Crippen molar-refractivity contribution in [2.24, 2.45) is 17.3 Å². The zero-order chi connectivity index (χ0) is 19.9. The Bertz CT molecular complexity index is 892. The number of carbonyl (C=O) groups excluding carboxylic acids is 2. The first kappa shape index (κ1) is 19.6. The summed E-state index contributed by atoms with van der Waals surface area (Å²) in [7, 11) is 0.